The Morgan fingerprint density at radius 3 is 2.38 bits per heavy atom. The summed E-state index contributed by atoms with van der Waals surface area (Å²) in [6, 6.07) is 11.2. The predicted molar refractivity (Wildman–Crippen MR) is 131 cm³/mol. The summed E-state index contributed by atoms with van der Waals surface area (Å²) in [4.78, 5) is 20.3. The van der Waals surface area contributed by atoms with Crippen LogP contribution in [0, 0.1) is 0 Å². The van der Waals surface area contributed by atoms with E-state index in [9.17, 15) is 13.2 Å². The first-order chi connectivity index (χ1) is 15.2. The lowest BCUT2D eigenvalue weighted by Gasteiger charge is -2.30. The van der Waals surface area contributed by atoms with Gasteiger partial charge in [-0.15, -0.1) is 0 Å². The largest absolute Gasteiger partial charge is 0.283 e. The minimum atomic E-state index is -3.78. The number of rotatable bonds is 4. The van der Waals surface area contributed by atoms with Crippen LogP contribution in [-0.2, 0) is 14.8 Å². The molecule has 0 atom stereocenters. The van der Waals surface area contributed by atoms with Crippen LogP contribution in [0.25, 0.3) is 6.08 Å². The zero-order valence-electron chi connectivity index (χ0n) is 17.0. The fraction of sp³-hybridized carbons (Fsp3) is 0.273. The Bertz CT molecular complexity index is 1210. The zero-order chi connectivity index (χ0) is 22.9. The molecule has 1 heterocycles. The molecule has 168 valence electrons. The van der Waals surface area contributed by atoms with Crippen LogP contribution in [0.5, 0.6) is 0 Å². The number of carbonyl (C=O) groups excluding carboxylic acids is 1. The van der Waals surface area contributed by atoms with Gasteiger partial charge in [-0.1, -0.05) is 48.5 Å². The Morgan fingerprint density at radius 1 is 1.06 bits per heavy atom. The molecule has 0 unspecified atom stereocenters. The maximum Gasteiger partial charge on any atom is 0.267 e. The van der Waals surface area contributed by atoms with Crippen LogP contribution in [0.2, 0.25) is 10.0 Å². The average Bonchev–Trinajstić information content (AvgIpc) is 3.05. The van der Waals surface area contributed by atoms with E-state index in [-0.39, 0.29) is 16.8 Å². The highest BCUT2D eigenvalue weighted by molar-refractivity contribution is 8.18. The first kappa shape index (κ1) is 23.3. The van der Waals surface area contributed by atoms with Crippen molar-refractivity contribution in [1.82, 2.24) is 4.90 Å². The second-order valence-electron chi connectivity index (χ2n) is 7.68. The van der Waals surface area contributed by atoms with Gasteiger partial charge in [0.1, 0.15) is 0 Å². The zero-order valence-corrected chi connectivity index (χ0v) is 20.1. The normalized spacial score (nSPS) is 20.5. The molecular formula is C22H21Cl2N3O3S2. The van der Waals surface area contributed by atoms with E-state index in [0.717, 1.165) is 32.1 Å². The molecule has 4 rings (SSSR count). The first-order valence-corrected chi connectivity index (χ1v) is 13.2. The summed E-state index contributed by atoms with van der Waals surface area (Å²) in [5.74, 6) is -0.104. The van der Waals surface area contributed by atoms with Crippen molar-refractivity contribution >= 4 is 67.8 Å². The Hall–Kier alpha value is -1.84. The molecule has 2 aromatic rings. The molecule has 0 spiro atoms. The van der Waals surface area contributed by atoms with Crippen LogP contribution in [0.15, 0.2) is 57.3 Å². The molecule has 1 saturated carbocycles. The molecule has 2 aliphatic rings. The summed E-state index contributed by atoms with van der Waals surface area (Å²) in [7, 11) is -3.78. The highest BCUT2D eigenvalue weighted by atomic mass is 35.5. The molecule has 1 amide bonds. The summed E-state index contributed by atoms with van der Waals surface area (Å²) in [5.41, 5.74) is 1.24. The Kier molecular flexibility index (Phi) is 6.97. The molecule has 0 radical (unpaired) electrons. The second-order valence-corrected chi connectivity index (χ2v) is 11.1. The van der Waals surface area contributed by atoms with Crippen LogP contribution < -0.4 is 5.14 Å². The summed E-state index contributed by atoms with van der Waals surface area (Å²) in [6.45, 7) is 0. The number of amidine groups is 1. The molecule has 1 aliphatic heterocycles. The maximum absolute atomic E-state index is 13.4. The van der Waals surface area contributed by atoms with Crippen molar-refractivity contribution in [2.24, 2.45) is 10.1 Å². The number of hydrogen-bond donors (Lipinski definition) is 1. The number of halogens is 2. The van der Waals surface area contributed by atoms with E-state index >= 15 is 0 Å². The van der Waals surface area contributed by atoms with Crippen molar-refractivity contribution in [1.29, 1.82) is 0 Å². The third-order valence-electron chi connectivity index (χ3n) is 5.42. The van der Waals surface area contributed by atoms with E-state index in [1.165, 1.54) is 23.9 Å². The fourth-order valence-electron chi connectivity index (χ4n) is 3.81. The Balaban J connectivity index is 1.70. The van der Waals surface area contributed by atoms with Crippen LogP contribution in [0.1, 0.15) is 37.7 Å². The maximum atomic E-state index is 13.4. The quantitative estimate of drug-likeness (QED) is 0.544. The number of benzene rings is 2. The monoisotopic (exact) mass is 509 g/mol. The minimum Gasteiger partial charge on any atom is -0.283 e. The summed E-state index contributed by atoms with van der Waals surface area (Å²) < 4.78 is 23.0. The van der Waals surface area contributed by atoms with Gasteiger partial charge in [-0.25, -0.2) is 18.5 Å². The summed E-state index contributed by atoms with van der Waals surface area (Å²) >= 11 is 13.6. The van der Waals surface area contributed by atoms with Crippen LogP contribution in [0.4, 0.5) is 5.69 Å². The van der Waals surface area contributed by atoms with Gasteiger partial charge in [-0.2, -0.15) is 0 Å². The van der Waals surface area contributed by atoms with Gasteiger partial charge in [-0.3, -0.25) is 9.69 Å². The second kappa shape index (κ2) is 9.57. The standard InChI is InChI=1S/C22H21Cl2N3O3S2/c23-15-7-6-14(19(24)13-15)12-20-21(28)27(17-4-2-1-3-5-17)22(31-20)26-16-8-10-18(11-9-16)32(25,29)30/h6-13,17H,1-5H2,(H2,25,29,30)/b20-12-,26-22-. The van der Waals surface area contributed by atoms with E-state index in [1.807, 2.05) is 0 Å². The van der Waals surface area contributed by atoms with E-state index in [0.29, 0.717) is 31.4 Å². The molecule has 0 aromatic heterocycles. The van der Waals surface area contributed by atoms with Gasteiger partial charge >= 0.3 is 0 Å². The van der Waals surface area contributed by atoms with Gasteiger partial charge in [0.25, 0.3) is 5.91 Å². The Labute approximate surface area is 201 Å². The Morgan fingerprint density at radius 2 is 1.75 bits per heavy atom. The molecule has 2 aromatic carbocycles. The van der Waals surface area contributed by atoms with Crippen LogP contribution >= 0.6 is 35.0 Å². The van der Waals surface area contributed by atoms with Gasteiger partial charge in [-0.05, 0) is 72.6 Å². The molecule has 6 nitrogen and oxygen atoms in total. The minimum absolute atomic E-state index is 0.0127. The van der Waals surface area contributed by atoms with E-state index < -0.39 is 10.0 Å². The van der Waals surface area contributed by atoms with Crippen molar-refractivity contribution in [2.45, 2.75) is 43.0 Å². The SMILES string of the molecule is NS(=O)(=O)c1ccc(/N=C2\S/C(=C\c3ccc(Cl)cc3Cl)C(=O)N2C2CCCCC2)cc1. The number of thioether (sulfide) groups is 1. The number of aliphatic imine (C=N–C) groups is 1. The molecule has 1 aliphatic carbocycles. The first-order valence-electron chi connectivity index (χ1n) is 10.1. The summed E-state index contributed by atoms with van der Waals surface area (Å²) in [6.07, 6.45) is 6.90. The van der Waals surface area contributed by atoms with Gasteiger partial charge in [0.05, 0.1) is 15.5 Å². The predicted octanol–water partition coefficient (Wildman–Crippen LogP) is 5.58. The van der Waals surface area contributed by atoms with Crippen molar-refractivity contribution in [3.63, 3.8) is 0 Å². The molecule has 2 fully saturated rings. The molecule has 10 heteroatoms. The van der Waals surface area contributed by atoms with Gasteiger partial charge < -0.3 is 0 Å². The molecule has 32 heavy (non-hydrogen) atoms. The summed E-state index contributed by atoms with van der Waals surface area (Å²) in [5, 5.41) is 6.73. The van der Waals surface area contributed by atoms with Gasteiger partial charge in [0.2, 0.25) is 10.0 Å². The number of sulfonamides is 1. The number of nitrogens with zero attached hydrogens (tertiary/aromatic N) is 2. The average molecular weight is 510 g/mol. The fourth-order valence-corrected chi connectivity index (χ4v) is 5.83. The molecule has 0 bridgehead atoms. The van der Waals surface area contributed by atoms with Crippen LogP contribution in [0.3, 0.4) is 0 Å². The topological polar surface area (TPSA) is 92.8 Å². The number of hydrogen-bond acceptors (Lipinski definition) is 5. The van der Waals surface area contributed by atoms with Crippen molar-refractivity contribution in [2.75, 3.05) is 0 Å². The third-order valence-corrected chi connectivity index (χ3v) is 7.89. The van der Waals surface area contributed by atoms with E-state index in [2.05, 4.69) is 4.99 Å². The third kappa shape index (κ3) is 5.21. The molecular weight excluding hydrogens is 489 g/mol. The van der Waals surface area contributed by atoms with Crippen molar-refractivity contribution in [3.05, 3.63) is 63.0 Å². The highest BCUT2D eigenvalue weighted by Gasteiger charge is 2.38. The number of amides is 1. The van der Waals surface area contributed by atoms with E-state index in [1.54, 1.807) is 41.3 Å². The van der Waals surface area contributed by atoms with Crippen molar-refractivity contribution in [3.8, 4) is 0 Å². The lowest BCUT2D eigenvalue weighted by molar-refractivity contribution is -0.124. The lowest BCUT2D eigenvalue weighted by atomic mass is 9.94. The number of nitrogens with two attached hydrogens (primary N) is 1. The van der Waals surface area contributed by atoms with Gasteiger partial charge in [0.15, 0.2) is 5.17 Å². The van der Waals surface area contributed by atoms with Gasteiger partial charge in [0, 0.05) is 16.1 Å². The number of carbonyl (C=O) groups is 1. The highest BCUT2D eigenvalue weighted by Crippen LogP contribution is 2.39. The number of primary sulfonamides is 1. The molecule has 2 N–H and O–H groups in total. The van der Waals surface area contributed by atoms with E-state index in [4.69, 9.17) is 28.3 Å². The van der Waals surface area contributed by atoms with Crippen molar-refractivity contribution < 1.29 is 13.2 Å². The smallest absolute Gasteiger partial charge is 0.267 e. The van der Waals surface area contributed by atoms with Crippen LogP contribution in [-0.4, -0.2) is 30.4 Å². The lowest BCUT2D eigenvalue weighted by Crippen LogP contribution is -2.40. The molecule has 1 saturated heterocycles.